The van der Waals surface area contributed by atoms with Gasteiger partial charge >= 0.3 is 0 Å². The van der Waals surface area contributed by atoms with Crippen LogP contribution in [0.4, 0.5) is 5.69 Å². The molecule has 2 aromatic rings. The van der Waals surface area contributed by atoms with E-state index in [-0.39, 0.29) is 18.4 Å². The van der Waals surface area contributed by atoms with E-state index in [1.807, 2.05) is 0 Å². The van der Waals surface area contributed by atoms with Crippen LogP contribution in [0.15, 0.2) is 28.8 Å². The lowest BCUT2D eigenvalue weighted by atomic mass is 9.92. The van der Waals surface area contributed by atoms with Crippen molar-refractivity contribution in [3.8, 4) is 5.75 Å². The second-order valence-corrected chi connectivity index (χ2v) is 6.01. The molecule has 0 radical (unpaired) electrons. The number of nitrogens with zero attached hydrogens (tertiary/aromatic N) is 2. The average Bonchev–Trinajstić information content (AvgIpc) is 3.06. The van der Waals surface area contributed by atoms with Gasteiger partial charge in [0.05, 0.1) is 6.04 Å². The van der Waals surface area contributed by atoms with Gasteiger partial charge in [-0.25, -0.2) is 0 Å². The number of nitrogens with one attached hydrogen (secondary N) is 1. The van der Waals surface area contributed by atoms with Crippen molar-refractivity contribution in [3.05, 3.63) is 36.0 Å². The maximum absolute atomic E-state index is 12.3. The van der Waals surface area contributed by atoms with Crippen LogP contribution in [0.1, 0.15) is 24.6 Å². The Labute approximate surface area is 145 Å². The van der Waals surface area contributed by atoms with E-state index >= 15 is 0 Å². The number of carbonyl (C=O) groups is 1. The van der Waals surface area contributed by atoms with E-state index in [0.29, 0.717) is 36.4 Å². The summed E-state index contributed by atoms with van der Waals surface area (Å²) in [6.45, 7) is 3.27. The fourth-order valence-electron chi connectivity index (χ4n) is 2.69. The maximum Gasteiger partial charge on any atom is 0.264 e. The molecule has 0 bridgehead atoms. The molecule has 3 N–H and O–H groups in total. The topological polar surface area (TPSA) is 113 Å². The quantitative estimate of drug-likeness (QED) is 0.817. The van der Waals surface area contributed by atoms with E-state index in [4.69, 9.17) is 19.7 Å². The number of aromatic nitrogens is 2. The molecule has 0 saturated carbocycles. The lowest BCUT2D eigenvalue weighted by Crippen LogP contribution is -2.43. The Bertz CT molecular complexity index is 695. The Morgan fingerprint density at radius 3 is 2.72 bits per heavy atom. The Balaban J connectivity index is 1.50. The van der Waals surface area contributed by atoms with Crippen LogP contribution in [-0.2, 0) is 16.1 Å². The summed E-state index contributed by atoms with van der Waals surface area (Å²) >= 11 is 0. The van der Waals surface area contributed by atoms with E-state index in [1.165, 1.54) is 0 Å². The van der Waals surface area contributed by atoms with Crippen LogP contribution < -0.4 is 15.8 Å². The summed E-state index contributed by atoms with van der Waals surface area (Å²) in [6, 6.07) is 6.53. The fourth-order valence-corrected chi connectivity index (χ4v) is 2.69. The van der Waals surface area contributed by atoms with Crippen molar-refractivity contribution < 1.29 is 18.8 Å². The Morgan fingerprint density at radius 1 is 1.36 bits per heavy atom. The van der Waals surface area contributed by atoms with Crippen molar-refractivity contribution >= 4 is 11.6 Å². The molecule has 8 heteroatoms. The largest absolute Gasteiger partial charge is 0.484 e. The zero-order chi connectivity index (χ0) is 17.6. The number of hydrogen-bond donors (Lipinski definition) is 2. The zero-order valence-electron chi connectivity index (χ0n) is 14.1. The van der Waals surface area contributed by atoms with Crippen molar-refractivity contribution in [2.45, 2.75) is 32.4 Å². The molecule has 1 aromatic heterocycles. The first kappa shape index (κ1) is 17.4. The first-order chi connectivity index (χ1) is 12.1. The Morgan fingerprint density at radius 2 is 2.08 bits per heavy atom. The van der Waals surface area contributed by atoms with Gasteiger partial charge in [-0.3, -0.25) is 4.79 Å². The van der Waals surface area contributed by atoms with Crippen molar-refractivity contribution in [3.63, 3.8) is 0 Å². The van der Waals surface area contributed by atoms with Crippen LogP contribution in [0.2, 0.25) is 0 Å². The lowest BCUT2D eigenvalue weighted by molar-refractivity contribution is -0.119. The molecule has 0 spiro atoms. The number of anilines is 1. The molecule has 3 rings (SSSR count). The van der Waals surface area contributed by atoms with Crippen LogP contribution in [0.5, 0.6) is 5.75 Å². The van der Waals surface area contributed by atoms with Gasteiger partial charge in [0, 0.05) is 18.9 Å². The van der Waals surface area contributed by atoms with Gasteiger partial charge in [-0.2, -0.15) is 4.98 Å². The molecule has 2 heterocycles. The second kappa shape index (κ2) is 8.09. The summed E-state index contributed by atoms with van der Waals surface area (Å²) in [5.74, 6) is 1.61. The van der Waals surface area contributed by atoms with Gasteiger partial charge in [-0.15, -0.1) is 0 Å². The second-order valence-electron chi connectivity index (χ2n) is 6.01. The monoisotopic (exact) mass is 346 g/mol. The van der Waals surface area contributed by atoms with Gasteiger partial charge in [0.1, 0.15) is 5.75 Å². The van der Waals surface area contributed by atoms with Gasteiger partial charge in [0.15, 0.2) is 12.4 Å². The maximum atomic E-state index is 12.3. The van der Waals surface area contributed by atoms with Gasteiger partial charge in [0.2, 0.25) is 5.91 Å². The third kappa shape index (κ3) is 4.77. The smallest absolute Gasteiger partial charge is 0.264 e. The number of ether oxygens (including phenoxy) is 2. The number of hydrogen-bond acceptors (Lipinski definition) is 7. The predicted molar refractivity (Wildman–Crippen MR) is 90.0 cm³/mol. The first-order valence-corrected chi connectivity index (χ1v) is 8.28. The molecule has 0 aliphatic carbocycles. The standard InChI is InChI=1S/C17H22N4O4/c1-11-19-15(25-21-11)10-24-14-4-2-13(3-5-14)20-17(22)16(18)12-6-8-23-9-7-12/h2-5,12,16H,6-10,18H2,1H3,(H,20,22). The first-order valence-electron chi connectivity index (χ1n) is 8.28. The number of nitrogens with two attached hydrogens (primary N) is 1. The van der Waals surface area contributed by atoms with E-state index < -0.39 is 6.04 Å². The van der Waals surface area contributed by atoms with Crippen molar-refractivity contribution in [2.24, 2.45) is 11.7 Å². The molecule has 1 amide bonds. The number of amides is 1. The molecular weight excluding hydrogens is 324 g/mol. The molecule has 1 saturated heterocycles. The number of carbonyl (C=O) groups excluding carboxylic acids is 1. The fraction of sp³-hybridized carbons (Fsp3) is 0.471. The van der Waals surface area contributed by atoms with E-state index in [1.54, 1.807) is 31.2 Å². The Kier molecular flexibility index (Phi) is 5.62. The molecule has 25 heavy (non-hydrogen) atoms. The molecule has 8 nitrogen and oxygen atoms in total. The highest BCUT2D eigenvalue weighted by Gasteiger charge is 2.26. The van der Waals surface area contributed by atoms with Gasteiger partial charge in [0.25, 0.3) is 5.89 Å². The summed E-state index contributed by atoms with van der Waals surface area (Å²) in [5.41, 5.74) is 6.74. The number of benzene rings is 1. The lowest BCUT2D eigenvalue weighted by Gasteiger charge is -2.26. The minimum Gasteiger partial charge on any atom is -0.484 e. The molecule has 1 aliphatic heterocycles. The van der Waals surface area contributed by atoms with Gasteiger partial charge in [-0.05, 0) is 49.9 Å². The molecule has 134 valence electrons. The summed E-state index contributed by atoms with van der Waals surface area (Å²) in [7, 11) is 0. The number of aryl methyl sites for hydroxylation is 1. The summed E-state index contributed by atoms with van der Waals surface area (Å²) in [5, 5.41) is 6.54. The van der Waals surface area contributed by atoms with Crippen LogP contribution in [0.3, 0.4) is 0 Å². The highest BCUT2D eigenvalue weighted by atomic mass is 16.5. The molecular formula is C17H22N4O4. The van der Waals surface area contributed by atoms with E-state index in [0.717, 1.165) is 12.8 Å². The molecule has 1 aliphatic rings. The van der Waals surface area contributed by atoms with Gasteiger partial charge < -0.3 is 25.0 Å². The number of rotatable bonds is 6. The summed E-state index contributed by atoms with van der Waals surface area (Å²) in [6.07, 6.45) is 1.63. The normalized spacial score (nSPS) is 16.4. The van der Waals surface area contributed by atoms with E-state index in [9.17, 15) is 4.79 Å². The SMILES string of the molecule is Cc1noc(COc2ccc(NC(=O)C(N)C3CCOCC3)cc2)n1. The predicted octanol–water partition coefficient (Wildman–Crippen LogP) is 1.65. The minimum atomic E-state index is -0.527. The summed E-state index contributed by atoms with van der Waals surface area (Å²) < 4.78 is 15.8. The average molecular weight is 346 g/mol. The highest BCUT2D eigenvalue weighted by Crippen LogP contribution is 2.20. The van der Waals surface area contributed by atoms with Crippen molar-refractivity contribution in [1.82, 2.24) is 10.1 Å². The van der Waals surface area contributed by atoms with Crippen LogP contribution in [0.25, 0.3) is 0 Å². The van der Waals surface area contributed by atoms with Crippen LogP contribution in [0, 0.1) is 12.8 Å². The molecule has 1 unspecified atom stereocenters. The van der Waals surface area contributed by atoms with E-state index in [2.05, 4.69) is 15.5 Å². The van der Waals surface area contributed by atoms with Crippen molar-refractivity contribution in [1.29, 1.82) is 0 Å². The highest BCUT2D eigenvalue weighted by molar-refractivity contribution is 5.94. The van der Waals surface area contributed by atoms with Crippen LogP contribution in [-0.4, -0.2) is 35.3 Å². The molecule has 1 aromatic carbocycles. The Hall–Kier alpha value is -2.45. The van der Waals surface area contributed by atoms with Crippen molar-refractivity contribution in [2.75, 3.05) is 18.5 Å². The zero-order valence-corrected chi connectivity index (χ0v) is 14.1. The minimum absolute atomic E-state index is 0.161. The van der Waals surface area contributed by atoms with Gasteiger partial charge in [-0.1, -0.05) is 5.16 Å². The van der Waals surface area contributed by atoms with Crippen LogP contribution >= 0.6 is 0 Å². The molecule has 1 atom stereocenters. The molecule has 1 fully saturated rings. The third-order valence-electron chi connectivity index (χ3n) is 4.13. The summed E-state index contributed by atoms with van der Waals surface area (Å²) in [4.78, 5) is 16.3. The third-order valence-corrected chi connectivity index (χ3v) is 4.13.